The number of piperidine rings is 1. The third-order valence-electron chi connectivity index (χ3n) is 4.01. The summed E-state index contributed by atoms with van der Waals surface area (Å²) >= 11 is 0. The topological polar surface area (TPSA) is 68.2 Å². The number of nitrogens with one attached hydrogen (secondary N) is 2. The summed E-state index contributed by atoms with van der Waals surface area (Å²) in [4.78, 5) is 12.4. The molecule has 1 aromatic heterocycles. The molecular formula is C17H20ClF3N4O2. The van der Waals surface area contributed by atoms with E-state index in [1.165, 1.54) is 18.2 Å². The minimum atomic E-state index is -4.45. The van der Waals surface area contributed by atoms with Gasteiger partial charge < -0.3 is 15.4 Å². The number of carbonyl (C=O) groups is 1. The van der Waals surface area contributed by atoms with E-state index in [2.05, 4.69) is 15.7 Å². The molecule has 1 atom stereocenters. The summed E-state index contributed by atoms with van der Waals surface area (Å²) in [5.74, 6) is -0.551. The Morgan fingerprint density at radius 3 is 2.81 bits per heavy atom. The van der Waals surface area contributed by atoms with Crippen LogP contribution in [0, 0.1) is 0 Å². The van der Waals surface area contributed by atoms with Crippen LogP contribution in [0.15, 0.2) is 36.5 Å². The molecule has 1 saturated heterocycles. The molecule has 0 bridgehead atoms. The lowest BCUT2D eigenvalue weighted by Gasteiger charge is -2.22. The van der Waals surface area contributed by atoms with Gasteiger partial charge in [0, 0.05) is 12.7 Å². The van der Waals surface area contributed by atoms with Crippen LogP contribution in [-0.4, -0.2) is 41.6 Å². The molecule has 0 radical (unpaired) electrons. The lowest BCUT2D eigenvalue weighted by atomic mass is 10.1. The van der Waals surface area contributed by atoms with Gasteiger partial charge in [-0.15, -0.1) is 12.4 Å². The molecule has 1 fully saturated rings. The number of benzene rings is 1. The van der Waals surface area contributed by atoms with Crippen LogP contribution in [0.3, 0.4) is 0 Å². The molecular weight excluding hydrogens is 385 g/mol. The normalized spacial score (nSPS) is 17.1. The predicted octanol–water partition coefficient (Wildman–Crippen LogP) is 3.42. The zero-order valence-corrected chi connectivity index (χ0v) is 15.1. The fraction of sp³-hybridized carbons (Fsp3) is 0.412. The molecule has 2 heterocycles. The molecule has 0 aliphatic carbocycles. The average molecular weight is 405 g/mol. The summed E-state index contributed by atoms with van der Waals surface area (Å²) in [7, 11) is 0. The standard InChI is InChI=1S/C17H19F3N4O2.ClH/c18-17(19,20)11-26-15-6-2-1-5-13(15)22-16(25)14-7-9-24(23-14)12-4-3-8-21-10-12;/h1-2,5-7,9,12,21H,3-4,8,10-11H2,(H,22,25);1H. The van der Waals surface area contributed by atoms with Crippen LogP contribution in [0.1, 0.15) is 29.4 Å². The summed E-state index contributed by atoms with van der Waals surface area (Å²) < 4.78 is 43.6. The smallest absolute Gasteiger partial charge is 0.422 e. The summed E-state index contributed by atoms with van der Waals surface area (Å²) in [5.41, 5.74) is 0.358. The quantitative estimate of drug-likeness (QED) is 0.801. The van der Waals surface area contributed by atoms with Crippen molar-refractivity contribution in [1.82, 2.24) is 15.1 Å². The number of rotatable bonds is 5. The van der Waals surface area contributed by atoms with Crippen molar-refractivity contribution in [3.63, 3.8) is 0 Å². The first-order chi connectivity index (χ1) is 12.4. The van der Waals surface area contributed by atoms with Gasteiger partial charge in [0.1, 0.15) is 5.75 Å². The van der Waals surface area contributed by atoms with Crippen molar-refractivity contribution >= 4 is 24.0 Å². The zero-order valence-electron chi connectivity index (χ0n) is 14.3. The molecule has 6 nitrogen and oxygen atoms in total. The third kappa shape index (κ3) is 5.86. The van der Waals surface area contributed by atoms with Crippen LogP contribution in [0.4, 0.5) is 18.9 Å². The highest BCUT2D eigenvalue weighted by molar-refractivity contribution is 6.03. The molecule has 148 valence electrons. The van der Waals surface area contributed by atoms with Crippen molar-refractivity contribution in [2.75, 3.05) is 25.0 Å². The number of ether oxygens (including phenoxy) is 1. The van der Waals surface area contributed by atoms with Crippen molar-refractivity contribution in [2.24, 2.45) is 0 Å². The van der Waals surface area contributed by atoms with E-state index in [0.29, 0.717) is 0 Å². The second kappa shape index (κ2) is 9.09. The highest BCUT2D eigenvalue weighted by Gasteiger charge is 2.29. The van der Waals surface area contributed by atoms with E-state index in [1.54, 1.807) is 23.0 Å². The predicted molar refractivity (Wildman–Crippen MR) is 96.6 cm³/mol. The van der Waals surface area contributed by atoms with Crippen molar-refractivity contribution in [2.45, 2.75) is 25.1 Å². The van der Waals surface area contributed by atoms with Gasteiger partial charge in [-0.3, -0.25) is 9.48 Å². The van der Waals surface area contributed by atoms with Crippen LogP contribution >= 0.6 is 12.4 Å². The van der Waals surface area contributed by atoms with E-state index in [1.807, 2.05) is 0 Å². The number of anilines is 1. The maximum absolute atomic E-state index is 12.4. The third-order valence-corrected chi connectivity index (χ3v) is 4.01. The van der Waals surface area contributed by atoms with Gasteiger partial charge in [0.05, 0.1) is 11.7 Å². The monoisotopic (exact) mass is 404 g/mol. The largest absolute Gasteiger partial charge is 0.482 e. The second-order valence-corrected chi connectivity index (χ2v) is 6.04. The molecule has 2 N–H and O–H groups in total. The van der Waals surface area contributed by atoms with Crippen molar-refractivity contribution in [3.8, 4) is 5.75 Å². The van der Waals surface area contributed by atoms with E-state index >= 15 is 0 Å². The van der Waals surface area contributed by atoms with Crippen LogP contribution in [-0.2, 0) is 0 Å². The maximum atomic E-state index is 12.4. The Hall–Kier alpha value is -2.26. The highest BCUT2D eigenvalue weighted by Crippen LogP contribution is 2.26. The van der Waals surface area contributed by atoms with Gasteiger partial charge in [-0.25, -0.2) is 0 Å². The van der Waals surface area contributed by atoms with Gasteiger partial charge in [0.25, 0.3) is 5.91 Å². The summed E-state index contributed by atoms with van der Waals surface area (Å²) in [6.07, 6.45) is -0.706. The van der Waals surface area contributed by atoms with Gasteiger partial charge in [-0.05, 0) is 37.6 Å². The Balaban J connectivity index is 0.00000261. The Morgan fingerprint density at radius 1 is 1.33 bits per heavy atom. The van der Waals surface area contributed by atoms with E-state index in [9.17, 15) is 18.0 Å². The molecule has 10 heteroatoms. The van der Waals surface area contributed by atoms with E-state index in [-0.39, 0.29) is 35.6 Å². The number of halogens is 4. The number of aromatic nitrogens is 2. The molecule has 3 rings (SSSR count). The second-order valence-electron chi connectivity index (χ2n) is 6.04. The Kier molecular flexibility index (Phi) is 7.09. The van der Waals surface area contributed by atoms with Crippen molar-refractivity contribution < 1.29 is 22.7 Å². The van der Waals surface area contributed by atoms with Crippen LogP contribution in [0.25, 0.3) is 0 Å². The lowest BCUT2D eigenvalue weighted by Crippen LogP contribution is -2.32. The number of para-hydroxylation sites is 2. The number of amides is 1. The van der Waals surface area contributed by atoms with Crippen LogP contribution in [0.2, 0.25) is 0 Å². The average Bonchev–Trinajstić information content (AvgIpc) is 3.11. The SMILES string of the molecule is Cl.O=C(Nc1ccccc1OCC(F)(F)F)c1ccn(C2CCCNC2)n1. The van der Waals surface area contributed by atoms with Gasteiger partial charge in [-0.2, -0.15) is 18.3 Å². The summed E-state index contributed by atoms with van der Waals surface area (Å²) in [6.45, 7) is 0.333. The van der Waals surface area contributed by atoms with Gasteiger partial charge in [0.2, 0.25) is 0 Å². The molecule has 1 unspecified atom stereocenters. The first kappa shape index (κ1) is 21.0. The number of hydrogen-bond acceptors (Lipinski definition) is 4. The lowest BCUT2D eigenvalue weighted by molar-refractivity contribution is -0.153. The minimum Gasteiger partial charge on any atom is -0.482 e. The Morgan fingerprint density at radius 2 is 2.11 bits per heavy atom. The summed E-state index contributed by atoms with van der Waals surface area (Å²) in [6, 6.07) is 7.75. The number of hydrogen-bond donors (Lipinski definition) is 2. The number of alkyl halides is 3. The highest BCUT2D eigenvalue weighted by atomic mass is 35.5. The van der Waals surface area contributed by atoms with Crippen molar-refractivity contribution in [1.29, 1.82) is 0 Å². The van der Waals surface area contributed by atoms with Crippen LogP contribution in [0.5, 0.6) is 5.75 Å². The van der Waals surface area contributed by atoms with Crippen LogP contribution < -0.4 is 15.4 Å². The minimum absolute atomic E-state index is 0. The van der Waals surface area contributed by atoms with Gasteiger partial charge >= 0.3 is 6.18 Å². The molecule has 2 aromatic rings. The van der Waals surface area contributed by atoms with E-state index < -0.39 is 18.7 Å². The molecule has 1 amide bonds. The Labute approximate surface area is 160 Å². The number of carbonyl (C=O) groups excluding carboxylic acids is 1. The molecule has 1 aliphatic heterocycles. The van der Waals surface area contributed by atoms with Gasteiger partial charge in [0.15, 0.2) is 12.3 Å². The first-order valence-corrected chi connectivity index (χ1v) is 8.28. The molecule has 0 saturated carbocycles. The van der Waals surface area contributed by atoms with E-state index in [4.69, 9.17) is 4.74 Å². The fourth-order valence-corrected chi connectivity index (χ4v) is 2.76. The van der Waals surface area contributed by atoms with E-state index in [0.717, 1.165) is 25.9 Å². The molecule has 1 aliphatic rings. The maximum Gasteiger partial charge on any atom is 0.422 e. The zero-order chi connectivity index (χ0) is 18.6. The molecule has 27 heavy (non-hydrogen) atoms. The molecule has 1 aromatic carbocycles. The number of nitrogens with zero attached hydrogens (tertiary/aromatic N) is 2. The first-order valence-electron chi connectivity index (χ1n) is 8.28. The summed E-state index contributed by atoms with van der Waals surface area (Å²) in [5, 5.41) is 10.1. The van der Waals surface area contributed by atoms with Crippen molar-refractivity contribution in [3.05, 3.63) is 42.2 Å². The van der Waals surface area contributed by atoms with Gasteiger partial charge in [-0.1, -0.05) is 12.1 Å². The fourth-order valence-electron chi connectivity index (χ4n) is 2.76. The Bertz CT molecular complexity index is 761. The molecule has 0 spiro atoms.